The van der Waals surface area contributed by atoms with Crippen LogP contribution in [0.4, 0.5) is 4.39 Å². The van der Waals surface area contributed by atoms with Crippen LogP contribution in [0.25, 0.3) is 5.73 Å². The van der Waals surface area contributed by atoms with E-state index in [1.54, 1.807) is 13.0 Å². The zero-order valence-electron chi connectivity index (χ0n) is 21.7. The summed E-state index contributed by atoms with van der Waals surface area (Å²) in [5.74, 6) is -0.517. The van der Waals surface area contributed by atoms with E-state index < -0.39 is 17.2 Å². The maximum Gasteiger partial charge on any atom is 0.350 e. The number of nitrogens with zero attached hydrogens (tertiary/aromatic N) is 1. The molecular formula is C25H28Cl2FN2O7SY-. The summed E-state index contributed by atoms with van der Waals surface area (Å²) < 4.78 is 23.4. The van der Waals surface area contributed by atoms with E-state index in [1.807, 2.05) is 13.8 Å². The second-order valence-electron chi connectivity index (χ2n) is 7.54. The van der Waals surface area contributed by atoms with Gasteiger partial charge in [0.25, 0.3) is 5.19 Å². The Morgan fingerprint density at radius 1 is 1.33 bits per heavy atom. The molecule has 3 rings (SSSR count). The summed E-state index contributed by atoms with van der Waals surface area (Å²) in [6.07, 6.45) is 4.43. The molecule has 2 aromatic heterocycles. The first kappa shape index (κ1) is 37.1. The average molecular weight is 679 g/mol. The topological polar surface area (TPSA) is 143 Å². The van der Waals surface area contributed by atoms with E-state index in [-0.39, 0.29) is 61.4 Å². The molecule has 1 unspecified atom stereocenters. The molecule has 1 aromatic carbocycles. The van der Waals surface area contributed by atoms with Gasteiger partial charge in [-0.3, -0.25) is 10.1 Å². The molecule has 1 atom stereocenters. The maximum absolute atomic E-state index is 12.9. The van der Waals surface area contributed by atoms with Crippen molar-refractivity contribution in [3.05, 3.63) is 84.9 Å². The molecule has 0 aliphatic heterocycles. The average Bonchev–Trinajstić information content (AvgIpc) is 3.18. The molecule has 2 heterocycles. The van der Waals surface area contributed by atoms with Crippen molar-refractivity contribution < 1.29 is 66.3 Å². The molecule has 39 heavy (non-hydrogen) atoms. The van der Waals surface area contributed by atoms with Crippen molar-refractivity contribution in [2.75, 3.05) is 7.11 Å². The predicted octanol–water partition coefficient (Wildman–Crippen LogP) is 8.18. The van der Waals surface area contributed by atoms with Crippen molar-refractivity contribution in [1.29, 1.82) is 0 Å². The van der Waals surface area contributed by atoms with Crippen molar-refractivity contribution in [1.82, 2.24) is 4.98 Å². The maximum atomic E-state index is 12.9. The number of halogens is 3. The van der Waals surface area contributed by atoms with Gasteiger partial charge in [0.15, 0.2) is 5.78 Å². The van der Waals surface area contributed by atoms with E-state index in [1.165, 1.54) is 48.9 Å². The molecule has 0 fully saturated rings. The molecule has 0 aliphatic carbocycles. The Bertz CT molecular complexity index is 1270. The van der Waals surface area contributed by atoms with Gasteiger partial charge in [0, 0.05) is 62.1 Å². The molecule has 1 radical (unpaired) electrons. The molecule has 0 aliphatic rings. The molecular weight excluding hydrogens is 651 g/mol. The number of rotatable bonds is 8. The molecule has 0 saturated carbocycles. The molecule has 0 bridgehead atoms. The largest absolute Gasteiger partial charge is 0.705 e. The Morgan fingerprint density at radius 2 is 1.97 bits per heavy atom. The van der Waals surface area contributed by atoms with Crippen LogP contribution in [0.3, 0.4) is 0 Å². The summed E-state index contributed by atoms with van der Waals surface area (Å²) in [6, 6.07) is 5.44. The van der Waals surface area contributed by atoms with Crippen molar-refractivity contribution in [3.63, 3.8) is 0 Å². The van der Waals surface area contributed by atoms with Crippen LogP contribution in [0.2, 0.25) is 10.2 Å². The zero-order chi connectivity index (χ0) is 28.8. The Labute approximate surface area is 264 Å². The molecule has 0 amide bonds. The van der Waals surface area contributed by atoms with Gasteiger partial charge in [0.1, 0.15) is 33.8 Å². The van der Waals surface area contributed by atoms with Gasteiger partial charge in [-0.2, -0.15) is 11.2 Å². The van der Waals surface area contributed by atoms with Crippen LogP contribution in [-0.2, 0) is 37.6 Å². The van der Waals surface area contributed by atoms with Gasteiger partial charge in [-0.05, 0) is 31.9 Å². The summed E-state index contributed by atoms with van der Waals surface area (Å²) in [6.45, 7) is 5.31. The van der Waals surface area contributed by atoms with Gasteiger partial charge in [-0.15, -0.1) is 6.08 Å². The fourth-order valence-electron chi connectivity index (χ4n) is 2.79. The van der Waals surface area contributed by atoms with Gasteiger partial charge < -0.3 is 20.0 Å². The number of hydrogen-bond donors (Lipinski definition) is 2. The zero-order valence-corrected chi connectivity index (χ0v) is 26.8. The summed E-state index contributed by atoms with van der Waals surface area (Å²) in [5, 5.41) is 17.7. The first-order chi connectivity index (χ1) is 18.0. The standard InChI is InChI=1S/C14H18NO4.C10H6Cl2FNOS.CH4O2.Y/c1-3-10(16)13-11(17)8-12(19-14(13)18)9(2)6-4-5-7-15;1-5-9(12)14-10(16-5)15-6-2-3-8(13)7(11)4-6;1-3-2;/h5,7-9,15H,3-4,6H2,1-2H3,(H,16,17,18);2-4H,1H3;2H,1H3;/q-1;;;/b7-5-;;;. The van der Waals surface area contributed by atoms with Crippen molar-refractivity contribution in [2.45, 2.75) is 46.0 Å². The number of aromatic hydroxyl groups is 1. The van der Waals surface area contributed by atoms with Crippen molar-refractivity contribution in [2.24, 2.45) is 0 Å². The van der Waals surface area contributed by atoms with Crippen LogP contribution in [-0.4, -0.2) is 28.2 Å². The van der Waals surface area contributed by atoms with E-state index in [4.69, 9.17) is 43.3 Å². The minimum absolute atomic E-state index is 0. The van der Waals surface area contributed by atoms with E-state index in [2.05, 4.69) is 9.87 Å². The normalized spacial score (nSPS) is 11.0. The molecule has 0 spiro atoms. The second kappa shape index (κ2) is 19.3. The van der Waals surface area contributed by atoms with E-state index in [9.17, 15) is 19.1 Å². The third-order valence-corrected chi connectivity index (χ3v) is 6.35. The van der Waals surface area contributed by atoms with Crippen LogP contribution in [0.5, 0.6) is 16.7 Å². The van der Waals surface area contributed by atoms with Gasteiger partial charge in [0.2, 0.25) is 0 Å². The summed E-state index contributed by atoms with van der Waals surface area (Å²) in [5.41, 5.74) is 5.82. The van der Waals surface area contributed by atoms with Gasteiger partial charge in [-0.25, -0.2) is 14.1 Å². The van der Waals surface area contributed by atoms with Crippen molar-refractivity contribution in [3.8, 4) is 16.7 Å². The number of aromatic nitrogens is 1. The number of carbonyl (C=O) groups is 1. The predicted molar refractivity (Wildman–Crippen MR) is 145 cm³/mol. The number of benzene rings is 1. The number of nitrogens with one attached hydrogen (secondary N) is 1. The van der Waals surface area contributed by atoms with E-state index >= 15 is 0 Å². The summed E-state index contributed by atoms with van der Waals surface area (Å²) in [7, 11) is 1.18. The number of ether oxygens (including phenoxy) is 1. The minimum Gasteiger partial charge on any atom is -0.705 e. The van der Waals surface area contributed by atoms with Gasteiger partial charge in [0.05, 0.1) is 12.1 Å². The Kier molecular flexibility index (Phi) is 18.3. The number of aryl methyl sites for hydroxylation is 1. The SMILES string of the molecule is CCC(=O)c1c(O)cc(C(C)CC/C=C\[NH-])oc1=O.COO.Cc1sc(Oc2ccc(F)c(Cl)c2)nc1Cl.[Y]. The molecule has 211 valence electrons. The number of ketones is 1. The first-order valence-electron chi connectivity index (χ1n) is 11.1. The van der Waals surface area contributed by atoms with Crippen LogP contribution in [0.1, 0.15) is 60.0 Å². The van der Waals surface area contributed by atoms with Gasteiger partial charge in [-0.1, -0.05) is 48.4 Å². The summed E-state index contributed by atoms with van der Waals surface area (Å²) >= 11 is 12.7. The minimum atomic E-state index is -0.787. The Hall–Kier alpha value is -1.86. The van der Waals surface area contributed by atoms with E-state index in [0.29, 0.717) is 34.7 Å². The monoisotopic (exact) mass is 678 g/mol. The van der Waals surface area contributed by atoms with Crippen LogP contribution in [0.15, 0.2) is 45.8 Å². The Balaban J connectivity index is 0.000000663. The number of hydrogen-bond acceptors (Lipinski definition) is 9. The van der Waals surface area contributed by atoms with Crippen LogP contribution >= 0.6 is 34.5 Å². The second-order valence-corrected chi connectivity index (χ2v) is 9.47. The molecule has 9 nitrogen and oxygen atoms in total. The molecule has 3 N–H and O–H groups in total. The first-order valence-corrected chi connectivity index (χ1v) is 12.7. The van der Waals surface area contributed by atoms with Crippen molar-refractivity contribution >= 4 is 40.3 Å². The van der Waals surface area contributed by atoms with E-state index in [0.717, 1.165) is 4.88 Å². The fourth-order valence-corrected chi connectivity index (χ4v) is 3.87. The number of Topliss-reactive ketones (excluding diaryl/α,β-unsaturated/α-hetero) is 1. The van der Waals surface area contributed by atoms with Crippen LogP contribution < -0.4 is 10.4 Å². The molecule has 14 heteroatoms. The molecule has 0 saturated heterocycles. The third-order valence-electron chi connectivity index (χ3n) is 4.74. The smallest absolute Gasteiger partial charge is 0.350 e. The fraction of sp³-hybridized carbons (Fsp3) is 0.320. The number of thiazole rings is 1. The van der Waals surface area contributed by atoms with Gasteiger partial charge >= 0.3 is 5.63 Å². The molecule has 3 aromatic rings. The Morgan fingerprint density at radius 3 is 2.46 bits per heavy atom. The number of carbonyl (C=O) groups excluding carboxylic acids is 1. The quantitative estimate of drug-likeness (QED) is 0.138. The third kappa shape index (κ3) is 12.5. The van der Waals surface area contributed by atoms with Crippen LogP contribution in [0, 0.1) is 12.7 Å². The number of allylic oxidation sites excluding steroid dienone is 1. The summed E-state index contributed by atoms with van der Waals surface area (Å²) in [4.78, 5) is 31.3.